The fourth-order valence-corrected chi connectivity index (χ4v) is 1.25. The Kier molecular flexibility index (Phi) is 4.25. The average Bonchev–Trinajstić information content (AvgIpc) is 2.62. The molecule has 0 amide bonds. The van der Waals surface area contributed by atoms with Crippen LogP contribution in [0.25, 0.3) is 0 Å². The molecule has 0 radical (unpaired) electrons. The lowest BCUT2D eigenvalue weighted by molar-refractivity contribution is -0.141. The third kappa shape index (κ3) is 4.55. The summed E-state index contributed by atoms with van der Waals surface area (Å²) in [5, 5.41) is 5.37. The summed E-state index contributed by atoms with van der Waals surface area (Å²) < 4.78 is 73.2. The Bertz CT molecular complexity index is 380. The molecule has 0 saturated carbocycles. The molecule has 0 aromatic carbocycles. The average molecular weight is 275 g/mol. The second kappa shape index (κ2) is 5.17. The van der Waals surface area contributed by atoms with Crippen molar-refractivity contribution in [3.8, 4) is 0 Å². The van der Waals surface area contributed by atoms with Crippen molar-refractivity contribution in [3.05, 3.63) is 18.0 Å². The van der Waals surface area contributed by atoms with Gasteiger partial charge in [-0.25, -0.2) is 0 Å². The first kappa shape index (κ1) is 14.8. The van der Waals surface area contributed by atoms with Crippen molar-refractivity contribution in [2.75, 3.05) is 13.1 Å². The summed E-state index contributed by atoms with van der Waals surface area (Å²) in [6, 6.07) is 0.170. The second-order valence-corrected chi connectivity index (χ2v) is 3.77. The predicted octanol–water partition coefficient (Wildman–Crippen LogP) is 2.61. The Morgan fingerprint density at radius 1 is 1.28 bits per heavy atom. The van der Waals surface area contributed by atoms with Gasteiger partial charge in [0, 0.05) is 12.7 Å². The molecule has 1 heterocycles. The van der Waals surface area contributed by atoms with Gasteiger partial charge in [-0.3, -0.25) is 4.68 Å². The van der Waals surface area contributed by atoms with E-state index < -0.39 is 30.6 Å². The molecule has 0 bridgehead atoms. The van der Waals surface area contributed by atoms with Gasteiger partial charge in [-0.15, -0.1) is 0 Å². The van der Waals surface area contributed by atoms with Crippen LogP contribution in [0.4, 0.5) is 26.3 Å². The summed E-state index contributed by atoms with van der Waals surface area (Å²) >= 11 is 0. The number of aromatic nitrogens is 2. The molecule has 3 nitrogen and oxygen atoms in total. The zero-order valence-corrected chi connectivity index (χ0v) is 9.31. The van der Waals surface area contributed by atoms with E-state index in [0.717, 1.165) is 16.9 Å². The van der Waals surface area contributed by atoms with Gasteiger partial charge in [-0.1, -0.05) is 0 Å². The molecule has 0 fully saturated rings. The first-order chi connectivity index (χ1) is 8.09. The molecule has 0 spiro atoms. The molecular formula is C9H11F6N3. The summed E-state index contributed by atoms with van der Waals surface area (Å²) in [4.78, 5) is 0. The van der Waals surface area contributed by atoms with Crippen molar-refractivity contribution in [1.29, 1.82) is 0 Å². The van der Waals surface area contributed by atoms with Crippen molar-refractivity contribution in [2.45, 2.75) is 25.3 Å². The standard InChI is InChI=1S/C9H11F6N3/c1-6(4-16-5-8(10,11)12)18-3-2-7(17-18)9(13,14)15/h2-3,6,16H,4-5H2,1H3. The summed E-state index contributed by atoms with van der Waals surface area (Å²) in [7, 11) is 0. The Morgan fingerprint density at radius 3 is 2.33 bits per heavy atom. The van der Waals surface area contributed by atoms with Gasteiger partial charge in [-0.2, -0.15) is 31.4 Å². The van der Waals surface area contributed by atoms with Crippen LogP contribution in [0.15, 0.2) is 12.3 Å². The topological polar surface area (TPSA) is 29.9 Å². The number of nitrogens with one attached hydrogen (secondary N) is 1. The van der Waals surface area contributed by atoms with Crippen molar-refractivity contribution < 1.29 is 26.3 Å². The van der Waals surface area contributed by atoms with Crippen LogP contribution in [0.1, 0.15) is 18.7 Å². The van der Waals surface area contributed by atoms with E-state index in [1.165, 1.54) is 6.92 Å². The summed E-state index contributed by atoms with van der Waals surface area (Å²) in [6.07, 6.45) is -7.81. The molecule has 1 N–H and O–H groups in total. The maximum atomic E-state index is 12.2. The molecule has 1 atom stereocenters. The molecule has 9 heteroatoms. The monoisotopic (exact) mass is 275 g/mol. The fraction of sp³-hybridized carbons (Fsp3) is 0.667. The van der Waals surface area contributed by atoms with E-state index in [1.54, 1.807) is 0 Å². The van der Waals surface area contributed by atoms with Crippen LogP contribution in [0.2, 0.25) is 0 Å². The molecule has 18 heavy (non-hydrogen) atoms. The highest BCUT2D eigenvalue weighted by Gasteiger charge is 2.34. The molecule has 104 valence electrons. The van der Waals surface area contributed by atoms with Gasteiger partial charge >= 0.3 is 12.4 Å². The highest BCUT2D eigenvalue weighted by Crippen LogP contribution is 2.27. The lowest BCUT2D eigenvalue weighted by atomic mass is 10.3. The lowest BCUT2D eigenvalue weighted by Gasteiger charge is -2.14. The summed E-state index contributed by atoms with van der Waals surface area (Å²) in [6.45, 7) is 0.153. The molecular weight excluding hydrogens is 264 g/mol. The van der Waals surface area contributed by atoms with Crippen LogP contribution in [-0.4, -0.2) is 29.0 Å². The Morgan fingerprint density at radius 2 is 1.89 bits per heavy atom. The number of hydrogen-bond donors (Lipinski definition) is 1. The van der Waals surface area contributed by atoms with E-state index in [0.29, 0.717) is 0 Å². The maximum Gasteiger partial charge on any atom is 0.435 e. The van der Waals surface area contributed by atoms with Gasteiger partial charge < -0.3 is 5.32 Å². The Balaban J connectivity index is 2.52. The third-order valence-corrected chi connectivity index (χ3v) is 2.12. The highest BCUT2D eigenvalue weighted by atomic mass is 19.4. The van der Waals surface area contributed by atoms with Gasteiger partial charge in [0.15, 0.2) is 5.69 Å². The van der Waals surface area contributed by atoms with Crippen LogP contribution in [-0.2, 0) is 6.18 Å². The number of nitrogens with zero attached hydrogens (tertiary/aromatic N) is 2. The first-order valence-corrected chi connectivity index (χ1v) is 4.99. The Labute approximate surface area is 98.8 Å². The number of rotatable bonds is 4. The van der Waals surface area contributed by atoms with Crippen molar-refractivity contribution in [2.24, 2.45) is 0 Å². The Hall–Kier alpha value is -1.25. The second-order valence-electron chi connectivity index (χ2n) is 3.77. The van der Waals surface area contributed by atoms with Gasteiger partial charge in [0.2, 0.25) is 0 Å². The minimum Gasteiger partial charge on any atom is -0.307 e. The van der Waals surface area contributed by atoms with E-state index in [2.05, 4.69) is 10.4 Å². The quantitative estimate of drug-likeness (QED) is 0.856. The molecule has 1 unspecified atom stereocenters. The maximum absolute atomic E-state index is 12.2. The van der Waals surface area contributed by atoms with Crippen LogP contribution >= 0.6 is 0 Å². The first-order valence-electron chi connectivity index (χ1n) is 4.99. The van der Waals surface area contributed by atoms with Gasteiger partial charge in [0.25, 0.3) is 0 Å². The molecule has 0 aliphatic carbocycles. The number of hydrogen-bond acceptors (Lipinski definition) is 2. The van der Waals surface area contributed by atoms with Gasteiger partial charge in [0.1, 0.15) is 0 Å². The van der Waals surface area contributed by atoms with Crippen LogP contribution in [0.5, 0.6) is 0 Å². The molecule has 0 saturated heterocycles. The van der Waals surface area contributed by atoms with E-state index in [-0.39, 0.29) is 6.54 Å². The zero-order chi connectivity index (χ0) is 14.0. The van der Waals surface area contributed by atoms with Crippen molar-refractivity contribution >= 4 is 0 Å². The minimum atomic E-state index is -4.55. The normalized spacial score (nSPS) is 14.8. The fourth-order valence-electron chi connectivity index (χ4n) is 1.25. The lowest BCUT2D eigenvalue weighted by Crippen LogP contribution is -2.32. The molecule has 1 rings (SSSR count). The van der Waals surface area contributed by atoms with Crippen LogP contribution in [0, 0.1) is 0 Å². The van der Waals surface area contributed by atoms with Crippen molar-refractivity contribution in [1.82, 2.24) is 15.1 Å². The highest BCUT2D eigenvalue weighted by molar-refractivity contribution is 5.03. The van der Waals surface area contributed by atoms with E-state index in [4.69, 9.17) is 0 Å². The SMILES string of the molecule is CC(CNCC(F)(F)F)n1ccc(C(F)(F)F)n1. The molecule has 0 aliphatic heterocycles. The van der Waals surface area contributed by atoms with Gasteiger partial charge in [0.05, 0.1) is 12.6 Å². The van der Waals surface area contributed by atoms with E-state index >= 15 is 0 Å². The predicted molar refractivity (Wildman–Crippen MR) is 50.9 cm³/mol. The number of halogens is 6. The van der Waals surface area contributed by atoms with E-state index in [1.807, 2.05) is 0 Å². The largest absolute Gasteiger partial charge is 0.435 e. The van der Waals surface area contributed by atoms with Crippen LogP contribution in [0.3, 0.4) is 0 Å². The molecule has 1 aromatic heterocycles. The van der Waals surface area contributed by atoms with E-state index in [9.17, 15) is 26.3 Å². The number of alkyl halides is 6. The van der Waals surface area contributed by atoms with Crippen molar-refractivity contribution in [3.63, 3.8) is 0 Å². The zero-order valence-electron chi connectivity index (χ0n) is 9.31. The van der Waals surface area contributed by atoms with Gasteiger partial charge in [-0.05, 0) is 13.0 Å². The smallest absolute Gasteiger partial charge is 0.307 e. The minimum absolute atomic E-state index is 0.127. The molecule has 0 aliphatic rings. The third-order valence-electron chi connectivity index (χ3n) is 2.12. The summed E-state index contributed by atoms with van der Waals surface area (Å²) in [5.74, 6) is 0. The summed E-state index contributed by atoms with van der Waals surface area (Å²) in [5.41, 5.74) is -1.06. The van der Waals surface area contributed by atoms with Crippen LogP contribution < -0.4 is 5.32 Å². The molecule has 1 aromatic rings.